The van der Waals surface area contributed by atoms with Crippen molar-refractivity contribution in [3.63, 3.8) is 0 Å². The maximum Gasteiger partial charge on any atom is 0.311 e. The predicted octanol–water partition coefficient (Wildman–Crippen LogP) is 3.43. The lowest BCUT2D eigenvalue weighted by Gasteiger charge is -2.18. The Labute approximate surface area is 123 Å². The van der Waals surface area contributed by atoms with Crippen molar-refractivity contribution in [2.75, 3.05) is 6.61 Å². The molecule has 0 saturated heterocycles. The molecule has 0 spiro atoms. The smallest absolute Gasteiger partial charge is 0.311 e. The van der Waals surface area contributed by atoms with Crippen molar-refractivity contribution < 1.29 is 19.6 Å². The van der Waals surface area contributed by atoms with Gasteiger partial charge in [-0.3, -0.25) is 14.9 Å². The summed E-state index contributed by atoms with van der Waals surface area (Å²) in [6.07, 6.45) is 1.68. The number of aryl methyl sites for hydroxylation is 1. The molecule has 0 heterocycles. The second-order valence-electron chi connectivity index (χ2n) is 5.55. The van der Waals surface area contributed by atoms with Gasteiger partial charge in [-0.25, -0.2) is 0 Å². The summed E-state index contributed by atoms with van der Waals surface area (Å²) in [6, 6.07) is 4.90. The van der Waals surface area contributed by atoms with E-state index in [0.717, 1.165) is 5.56 Å². The predicted molar refractivity (Wildman–Crippen MR) is 78.6 cm³/mol. The summed E-state index contributed by atoms with van der Waals surface area (Å²) in [7, 11) is 0. The maximum absolute atomic E-state index is 11.0. The van der Waals surface area contributed by atoms with Crippen molar-refractivity contribution in [1.82, 2.24) is 0 Å². The van der Waals surface area contributed by atoms with Crippen LogP contribution in [0.2, 0.25) is 0 Å². The Bertz CT molecular complexity index is 525. The first-order valence-electron chi connectivity index (χ1n) is 6.91. The van der Waals surface area contributed by atoms with Gasteiger partial charge in [-0.05, 0) is 44.7 Å². The van der Waals surface area contributed by atoms with Crippen LogP contribution in [0.4, 0.5) is 5.69 Å². The summed E-state index contributed by atoms with van der Waals surface area (Å²) in [6.45, 7) is 5.47. The Morgan fingerprint density at radius 2 is 2.10 bits per heavy atom. The minimum Gasteiger partial charge on any atom is -0.487 e. The fraction of sp³-hybridized carbons (Fsp3) is 0.533. The summed E-state index contributed by atoms with van der Waals surface area (Å²) in [4.78, 5) is 21.5. The number of hydrogen-bond acceptors (Lipinski definition) is 4. The van der Waals surface area contributed by atoms with Crippen LogP contribution in [0.3, 0.4) is 0 Å². The molecule has 0 amide bonds. The van der Waals surface area contributed by atoms with Gasteiger partial charge in [-0.2, -0.15) is 0 Å². The van der Waals surface area contributed by atoms with E-state index in [4.69, 9.17) is 9.84 Å². The molecule has 116 valence electrons. The minimum atomic E-state index is -0.860. The Hall–Kier alpha value is -2.11. The third-order valence-corrected chi connectivity index (χ3v) is 3.41. The Balaban J connectivity index is 2.64. The van der Waals surface area contributed by atoms with E-state index in [0.29, 0.717) is 19.3 Å². The van der Waals surface area contributed by atoms with E-state index >= 15 is 0 Å². The quantitative estimate of drug-likeness (QED) is 0.451. The van der Waals surface area contributed by atoms with Gasteiger partial charge in [0, 0.05) is 6.07 Å². The van der Waals surface area contributed by atoms with Gasteiger partial charge < -0.3 is 9.84 Å². The van der Waals surface area contributed by atoms with Gasteiger partial charge in [0.25, 0.3) is 0 Å². The van der Waals surface area contributed by atoms with E-state index in [1.165, 1.54) is 6.07 Å². The standard InChI is InChI=1S/C15H21NO5/c1-4-11-6-7-13(12(10-11)16(19)20)21-9-5-8-15(2,3)14(17)18/h6-7,10H,4-5,8-9H2,1-3H3,(H,17,18). The molecule has 0 aliphatic heterocycles. The van der Waals surface area contributed by atoms with Crippen molar-refractivity contribution in [3.05, 3.63) is 33.9 Å². The second-order valence-corrected chi connectivity index (χ2v) is 5.55. The Kier molecular flexibility index (Phi) is 5.69. The largest absolute Gasteiger partial charge is 0.487 e. The highest BCUT2D eigenvalue weighted by Gasteiger charge is 2.26. The summed E-state index contributed by atoms with van der Waals surface area (Å²) >= 11 is 0. The molecule has 21 heavy (non-hydrogen) atoms. The molecule has 0 aromatic heterocycles. The van der Waals surface area contributed by atoms with Crippen LogP contribution >= 0.6 is 0 Å². The first kappa shape index (κ1) is 16.9. The third-order valence-electron chi connectivity index (χ3n) is 3.41. The minimum absolute atomic E-state index is 0.0492. The van der Waals surface area contributed by atoms with E-state index in [-0.39, 0.29) is 18.0 Å². The van der Waals surface area contributed by atoms with Crippen LogP contribution < -0.4 is 4.74 Å². The number of benzene rings is 1. The van der Waals surface area contributed by atoms with E-state index in [9.17, 15) is 14.9 Å². The molecule has 0 aliphatic carbocycles. The van der Waals surface area contributed by atoms with Gasteiger partial charge in [0.1, 0.15) is 0 Å². The van der Waals surface area contributed by atoms with Crippen LogP contribution in [-0.2, 0) is 11.2 Å². The van der Waals surface area contributed by atoms with E-state index in [1.54, 1.807) is 26.0 Å². The molecule has 6 heteroatoms. The lowest BCUT2D eigenvalue weighted by Crippen LogP contribution is -2.24. The zero-order valence-corrected chi connectivity index (χ0v) is 12.6. The van der Waals surface area contributed by atoms with Crippen molar-refractivity contribution in [2.24, 2.45) is 5.41 Å². The molecule has 0 unspecified atom stereocenters. The zero-order chi connectivity index (χ0) is 16.0. The molecule has 0 atom stereocenters. The second kappa shape index (κ2) is 7.06. The lowest BCUT2D eigenvalue weighted by atomic mass is 9.88. The van der Waals surface area contributed by atoms with Gasteiger partial charge in [0.15, 0.2) is 5.75 Å². The molecular formula is C15H21NO5. The van der Waals surface area contributed by atoms with Crippen molar-refractivity contribution in [2.45, 2.75) is 40.0 Å². The number of hydrogen-bond donors (Lipinski definition) is 1. The number of carboxylic acids is 1. The van der Waals surface area contributed by atoms with Gasteiger partial charge >= 0.3 is 11.7 Å². The van der Waals surface area contributed by atoms with Crippen LogP contribution in [0, 0.1) is 15.5 Å². The van der Waals surface area contributed by atoms with Gasteiger partial charge in [0.2, 0.25) is 0 Å². The molecule has 1 rings (SSSR count). The van der Waals surface area contributed by atoms with Crippen LogP contribution in [0.5, 0.6) is 5.75 Å². The highest BCUT2D eigenvalue weighted by molar-refractivity contribution is 5.73. The van der Waals surface area contributed by atoms with Gasteiger partial charge in [-0.15, -0.1) is 0 Å². The average molecular weight is 295 g/mol. The van der Waals surface area contributed by atoms with Gasteiger partial charge in [-0.1, -0.05) is 13.0 Å². The van der Waals surface area contributed by atoms with E-state index < -0.39 is 16.3 Å². The summed E-state index contributed by atoms with van der Waals surface area (Å²) in [5, 5.41) is 20.0. The summed E-state index contributed by atoms with van der Waals surface area (Å²) in [5.41, 5.74) is 0.00867. The number of nitro groups is 1. The zero-order valence-electron chi connectivity index (χ0n) is 12.6. The SMILES string of the molecule is CCc1ccc(OCCCC(C)(C)C(=O)O)c([N+](=O)[O-])c1. The monoisotopic (exact) mass is 295 g/mol. The molecule has 0 radical (unpaired) electrons. The first-order chi connectivity index (χ1) is 9.77. The van der Waals surface area contributed by atoms with Crippen molar-refractivity contribution in [3.8, 4) is 5.75 Å². The average Bonchev–Trinajstić information content (AvgIpc) is 2.43. The lowest BCUT2D eigenvalue weighted by molar-refractivity contribution is -0.385. The fourth-order valence-electron chi connectivity index (χ4n) is 1.85. The molecule has 6 nitrogen and oxygen atoms in total. The van der Waals surface area contributed by atoms with Crippen molar-refractivity contribution in [1.29, 1.82) is 0 Å². The highest BCUT2D eigenvalue weighted by atomic mass is 16.6. The number of carbonyl (C=O) groups is 1. The third kappa shape index (κ3) is 4.73. The van der Waals surface area contributed by atoms with Gasteiger partial charge in [0.05, 0.1) is 16.9 Å². The first-order valence-corrected chi connectivity index (χ1v) is 6.91. The number of nitrogens with zero attached hydrogens (tertiary/aromatic N) is 1. The van der Waals surface area contributed by atoms with Crippen molar-refractivity contribution >= 4 is 11.7 Å². The molecule has 1 aromatic carbocycles. The molecule has 1 aromatic rings. The molecular weight excluding hydrogens is 274 g/mol. The summed E-state index contributed by atoms with van der Waals surface area (Å²) < 4.78 is 5.44. The Morgan fingerprint density at radius 1 is 1.43 bits per heavy atom. The number of carboxylic acid groups (broad SMARTS) is 1. The topological polar surface area (TPSA) is 89.7 Å². The van der Waals surface area contributed by atoms with Crippen LogP contribution in [0.15, 0.2) is 18.2 Å². The van der Waals surface area contributed by atoms with E-state index in [2.05, 4.69) is 0 Å². The number of rotatable bonds is 8. The molecule has 0 aliphatic rings. The summed E-state index contributed by atoms with van der Waals surface area (Å²) in [5.74, 6) is -0.633. The normalized spacial score (nSPS) is 11.2. The van der Waals surface area contributed by atoms with Crippen LogP contribution in [-0.4, -0.2) is 22.6 Å². The fourth-order valence-corrected chi connectivity index (χ4v) is 1.85. The van der Waals surface area contributed by atoms with Crippen LogP contribution in [0.1, 0.15) is 39.2 Å². The maximum atomic E-state index is 11.0. The number of aliphatic carboxylic acids is 1. The molecule has 0 bridgehead atoms. The Morgan fingerprint density at radius 3 is 2.62 bits per heavy atom. The number of nitro benzene ring substituents is 1. The highest BCUT2D eigenvalue weighted by Crippen LogP contribution is 2.29. The molecule has 1 N–H and O–H groups in total. The van der Waals surface area contributed by atoms with Crippen LogP contribution in [0.25, 0.3) is 0 Å². The molecule has 0 fully saturated rings. The number of ether oxygens (including phenoxy) is 1. The van der Waals surface area contributed by atoms with E-state index in [1.807, 2.05) is 6.92 Å². The molecule has 0 saturated carbocycles.